The van der Waals surface area contributed by atoms with Crippen LogP contribution in [-0.2, 0) is 11.2 Å². The number of nitrogens with one attached hydrogen (secondary N) is 2. The Labute approximate surface area is 118 Å². The average molecular weight is 269 g/mol. The van der Waals surface area contributed by atoms with Gasteiger partial charge in [-0.05, 0) is 24.0 Å². The first-order valence-electron chi connectivity index (χ1n) is 6.84. The summed E-state index contributed by atoms with van der Waals surface area (Å²) < 4.78 is 0. The molecule has 0 saturated carbocycles. The highest BCUT2D eigenvalue weighted by Crippen LogP contribution is 2.18. The van der Waals surface area contributed by atoms with Crippen molar-refractivity contribution < 1.29 is 4.79 Å². The van der Waals surface area contributed by atoms with Crippen molar-refractivity contribution in [3.8, 4) is 6.07 Å². The van der Waals surface area contributed by atoms with Gasteiger partial charge in [0.25, 0.3) is 0 Å². The average Bonchev–Trinajstić information content (AvgIpc) is 2.81. The SMILES string of the molecule is CC(C)CC(C#N)NC(=O)Cc1c[nH]c2ccccc12. The molecule has 0 spiro atoms. The minimum absolute atomic E-state index is 0.109. The number of nitriles is 1. The van der Waals surface area contributed by atoms with Crippen molar-refractivity contribution in [3.05, 3.63) is 36.0 Å². The number of H-pyrrole nitrogens is 1. The third kappa shape index (κ3) is 3.39. The van der Waals surface area contributed by atoms with Crippen molar-refractivity contribution in [1.82, 2.24) is 10.3 Å². The molecular formula is C16H19N3O. The number of carbonyl (C=O) groups excluding carboxylic acids is 1. The molecule has 1 amide bonds. The molecular weight excluding hydrogens is 250 g/mol. The van der Waals surface area contributed by atoms with Gasteiger partial charge in [-0.25, -0.2) is 0 Å². The number of rotatable bonds is 5. The molecule has 0 fully saturated rings. The highest BCUT2D eigenvalue weighted by atomic mass is 16.1. The van der Waals surface area contributed by atoms with Crippen LogP contribution in [0.2, 0.25) is 0 Å². The van der Waals surface area contributed by atoms with E-state index in [9.17, 15) is 4.79 Å². The van der Waals surface area contributed by atoms with Crippen molar-refractivity contribution in [2.75, 3.05) is 0 Å². The molecule has 4 heteroatoms. The smallest absolute Gasteiger partial charge is 0.225 e. The molecule has 0 saturated heterocycles. The molecule has 0 aliphatic rings. The maximum atomic E-state index is 12.0. The third-order valence-corrected chi connectivity index (χ3v) is 3.22. The van der Waals surface area contributed by atoms with E-state index in [2.05, 4.69) is 16.4 Å². The van der Waals surface area contributed by atoms with Crippen LogP contribution in [0.4, 0.5) is 0 Å². The van der Waals surface area contributed by atoms with Gasteiger partial charge in [-0.1, -0.05) is 32.0 Å². The predicted molar refractivity (Wildman–Crippen MR) is 79.0 cm³/mol. The Kier molecular flexibility index (Phi) is 4.41. The molecule has 104 valence electrons. The van der Waals surface area contributed by atoms with Crippen molar-refractivity contribution in [3.63, 3.8) is 0 Å². The minimum Gasteiger partial charge on any atom is -0.361 e. The zero-order chi connectivity index (χ0) is 14.5. The molecule has 0 aliphatic heterocycles. The number of aromatic amines is 1. The Morgan fingerprint density at radius 1 is 1.40 bits per heavy atom. The molecule has 1 unspecified atom stereocenters. The van der Waals surface area contributed by atoms with Crippen molar-refractivity contribution in [2.24, 2.45) is 5.92 Å². The summed E-state index contributed by atoms with van der Waals surface area (Å²) in [6, 6.07) is 9.61. The number of para-hydroxylation sites is 1. The van der Waals surface area contributed by atoms with E-state index in [0.29, 0.717) is 18.8 Å². The van der Waals surface area contributed by atoms with E-state index in [0.717, 1.165) is 16.5 Å². The molecule has 0 bridgehead atoms. The summed E-state index contributed by atoms with van der Waals surface area (Å²) in [5.41, 5.74) is 1.98. The molecule has 2 aromatic rings. The lowest BCUT2D eigenvalue weighted by atomic mass is 10.0. The summed E-state index contributed by atoms with van der Waals surface area (Å²) in [6.45, 7) is 4.08. The second-order valence-corrected chi connectivity index (χ2v) is 5.42. The number of benzene rings is 1. The quantitative estimate of drug-likeness (QED) is 0.876. The summed E-state index contributed by atoms with van der Waals surface area (Å²) in [6.07, 6.45) is 2.82. The highest BCUT2D eigenvalue weighted by molar-refractivity contribution is 5.89. The summed E-state index contributed by atoms with van der Waals surface area (Å²) in [5.74, 6) is 0.273. The number of carbonyl (C=O) groups is 1. The van der Waals surface area contributed by atoms with Crippen LogP contribution in [0, 0.1) is 17.2 Å². The lowest BCUT2D eigenvalue weighted by Crippen LogP contribution is -2.35. The van der Waals surface area contributed by atoms with Gasteiger partial charge in [0.2, 0.25) is 5.91 Å². The van der Waals surface area contributed by atoms with Crippen LogP contribution in [-0.4, -0.2) is 16.9 Å². The molecule has 20 heavy (non-hydrogen) atoms. The van der Waals surface area contributed by atoms with Gasteiger partial charge in [0.1, 0.15) is 6.04 Å². The second-order valence-electron chi connectivity index (χ2n) is 5.42. The number of nitrogens with zero attached hydrogens (tertiary/aromatic N) is 1. The monoisotopic (exact) mass is 269 g/mol. The number of hydrogen-bond acceptors (Lipinski definition) is 2. The van der Waals surface area contributed by atoms with Crippen LogP contribution in [0.15, 0.2) is 30.5 Å². The zero-order valence-electron chi connectivity index (χ0n) is 11.8. The predicted octanol–water partition coefficient (Wildman–Crippen LogP) is 2.76. The van der Waals surface area contributed by atoms with E-state index in [1.165, 1.54) is 0 Å². The Bertz CT molecular complexity index is 636. The summed E-state index contributed by atoms with van der Waals surface area (Å²) in [7, 11) is 0. The van der Waals surface area contributed by atoms with Gasteiger partial charge in [0.05, 0.1) is 12.5 Å². The maximum absolute atomic E-state index is 12.0. The molecule has 1 aromatic carbocycles. The fraction of sp³-hybridized carbons (Fsp3) is 0.375. The largest absolute Gasteiger partial charge is 0.361 e. The molecule has 0 aliphatic carbocycles. The molecule has 1 aromatic heterocycles. The number of fused-ring (bicyclic) bond motifs is 1. The van der Waals surface area contributed by atoms with Gasteiger partial charge >= 0.3 is 0 Å². The van der Waals surface area contributed by atoms with Gasteiger partial charge in [-0.2, -0.15) is 5.26 Å². The summed E-state index contributed by atoms with van der Waals surface area (Å²) in [5, 5.41) is 12.9. The molecule has 0 radical (unpaired) electrons. The van der Waals surface area contributed by atoms with Crippen LogP contribution >= 0.6 is 0 Å². The van der Waals surface area contributed by atoms with Gasteiger partial charge in [0, 0.05) is 17.1 Å². The second kappa shape index (κ2) is 6.25. The zero-order valence-corrected chi connectivity index (χ0v) is 11.8. The van der Waals surface area contributed by atoms with Crippen LogP contribution in [0.5, 0.6) is 0 Å². The first kappa shape index (κ1) is 14.1. The van der Waals surface area contributed by atoms with Gasteiger partial charge in [-0.15, -0.1) is 0 Å². The molecule has 2 N–H and O–H groups in total. The Hall–Kier alpha value is -2.28. The Morgan fingerprint density at radius 2 is 2.15 bits per heavy atom. The standard InChI is InChI=1S/C16H19N3O/c1-11(2)7-13(9-17)19-16(20)8-12-10-18-15-6-4-3-5-14(12)15/h3-6,10-11,13,18H,7-8H2,1-2H3,(H,19,20). The van der Waals surface area contributed by atoms with E-state index in [-0.39, 0.29) is 5.91 Å². The van der Waals surface area contributed by atoms with Crippen LogP contribution in [0.1, 0.15) is 25.8 Å². The maximum Gasteiger partial charge on any atom is 0.225 e. The summed E-state index contributed by atoms with van der Waals surface area (Å²) in [4.78, 5) is 15.2. The Morgan fingerprint density at radius 3 is 2.85 bits per heavy atom. The number of hydrogen-bond donors (Lipinski definition) is 2. The van der Waals surface area contributed by atoms with Crippen molar-refractivity contribution in [1.29, 1.82) is 5.26 Å². The number of aromatic nitrogens is 1. The minimum atomic E-state index is -0.410. The normalized spacial score (nSPS) is 12.3. The van der Waals surface area contributed by atoms with Crippen molar-refractivity contribution in [2.45, 2.75) is 32.7 Å². The van der Waals surface area contributed by atoms with E-state index in [1.807, 2.05) is 44.3 Å². The van der Waals surface area contributed by atoms with Crippen LogP contribution in [0.25, 0.3) is 10.9 Å². The topological polar surface area (TPSA) is 68.7 Å². The fourth-order valence-corrected chi connectivity index (χ4v) is 2.31. The van der Waals surface area contributed by atoms with E-state index < -0.39 is 6.04 Å². The number of amides is 1. The fourth-order valence-electron chi connectivity index (χ4n) is 2.31. The summed E-state index contributed by atoms with van der Waals surface area (Å²) >= 11 is 0. The highest BCUT2D eigenvalue weighted by Gasteiger charge is 2.14. The lowest BCUT2D eigenvalue weighted by molar-refractivity contribution is -0.120. The van der Waals surface area contributed by atoms with Crippen LogP contribution in [0.3, 0.4) is 0 Å². The van der Waals surface area contributed by atoms with Gasteiger partial charge < -0.3 is 10.3 Å². The Balaban J connectivity index is 2.03. The van der Waals surface area contributed by atoms with Gasteiger partial charge in [0.15, 0.2) is 0 Å². The molecule has 1 atom stereocenters. The molecule has 4 nitrogen and oxygen atoms in total. The van der Waals surface area contributed by atoms with Crippen molar-refractivity contribution >= 4 is 16.8 Å². The van der Waals surface area contributed by atoms with Gasteiger partial charge in [-0.3, -0.25) is 4.79 Å². The first-order chi connectivity index (χ1) is 9.60. The van der Waals surface area contributed by atoms with E-state index in [4.69, 9.17) is 5.26 Å². The van der Waals surface area contributed by atoms with E-state index in [1.54, 1.807) is 0 Å². The lowest BCUT2D eigenvalue weighted by Gasteiger charge is -2.13. The first-order valence-corrected chi connectivity index (χ1v) is 6.84. The van der Waals surface area contributed by atoms with E-state index >= 15 is 0 Å². The third-order valence-electron chi connectivity index (χ3n) is 3.22. The molecule has 2 rings (SSSR count). The van der Waals surface area contributed by atoms with Crippen LogP contribution < -0.4 is 5.32 Å². The molecule has 1 heterocycles.